The molecule has 0 saturated heterocycles. The number of hydrogen-bond donors (Lipinski definition) is 2. The van der Waals surface area contributed by atoms with Crippen LogP contribution >= 0.6 is 11.8 Å². The average molecular weight is 403 g/mol. The van der Waals surface area contributed by atoms with Gasteiger partial charge in [-0.2, -0.15) is 0 Å². The number of ether oxygens (including phenoxy) is 1. The SMILES string of the molecule is CCNC(=O)COc1ccc(NC(=O)CCc2c(C)nc(SC)nc2C)cc1. The van der Waals surface area contributed by atoms with Crippen LogP contribution < -0.4 is 15.4 Å². The molecule has 2 rings (SSSR count). The van der Waals surface area contributed by atoms with Crippen molar-refractivity contribution in [1.82, 2.24) is 15.3 Å². The quantitative estimate of drug-likeness (QED) is 0.495. The van der Waals surface area contributed by atoms with Crippen LogP contribution in [0.5, 0.6) is 5.75 Å². The van der Waals surface area contributed by atoms with E-state index in [2.05, 4.69) is 20.6 Å². The van der Waals surface area contributed by atoms with Gasteiger partial charge in [0.05, 0.1) is 0 Å². The van der Waals surface area contributed by atoms with Gasteiger partial charge < -0.3 is 15.4 Å². The lowest BCUT2D eigenvalue weighted by Crippen LogP contribution is -2.28. The van der Waals surface area contributed by atoms with Crippen LogP contribution in [0.15, 0.2) is 29.4 Å². The van der Waals surface area contributed by atoms with Crippen LogP contribution in [0, 0.1) is 13.8 Å². The number of nitrogens with one attached hydrogen (secondary N) is 2. The van der Waals surface area contributed by atoms with Gasteiger partial charge in [-0.25, -0.2) is 9.97 Å². The molecule has 8 heteroatoms. The zero-order chi connectivity index (χ0) is 20.5. The van der Waals surface area contributed by atoms with E-state index in [0.29, 0.717) is 30.8 Å². The van der Waals surface area contributed by atoms with Crippen LogP contribution in [-0.2, 0) is 16.0 Å². The fourth-order valence-electron chi connectivity index (χ4n) is 2.66. The molecule has 2 amide bonds. The Bertz CT molecular complexity index is 802. The molecule has 0 aliphatic heterocycles. The number of amides is 2. The molecule has 28 heavy (non-hydrogen) atoms. The first-order valence-electron chi connectivity index (χ1n) is 9.10. The average Bonchev–Trinajstić information content (AvgIpc) is 2.67. The molecule has 1 heterocycles. The van der Waals surface area contributed by atoms with E-state index in [-0.39, 0.29) is 18.4 Å². The summed E-state index contributed by atoms with van der Waals surface area (Å²) < 4.78 is 5.39. The molecule has 7 nitrogen and oxygen atoms in total. The molecule has 1 aromatic carbocycles. The normalized spacial score (nSPS) is 10.4. The second-order valence-corrected chi connectivity index (χ2v) is 6.95. The van der Waals surface area contributed by atoms with Crippen molar-refractivity contribution in [3.63, 3.8) is 0 Å². The van der Waals surface area contributed by atoms with Crippen molar-refractivity contribution in [2.24, 2.45) is 0 Å². The van der Waals surface area contributed by atoms with Crippen LogP contribution in [0.25, 0.3) is 0 Å². The minimum absolute atomic E-state index is 0.0321. The van der Waals surface area contributed by atoms with E-state index >= 15 is 0 Å². The lowest BCUT2D eigenvalue weighted by molar-refractivity contribution is -0.123. The summed E-state index contributed by atoms with van der Waals surface area (Å²) in [6.45, 7) is 6.28. The number of aromatic nitrogens is 2. The highest BCUT2D eigenvalue weighted by atomic mass is 32.2. The number of likely N-dealkylation sites (N-methyl/N-ethyl adjacent to an activating group) is 1. The predicted molar refractivity (Wildman–Crippen MR) is 111 cm³/mol. The maximum absolute atomic E-state index is 12.3. The van der Waals surface area contributed by atoms with Crippen LogP contribution in [0.2, 0.25) is 0 Å². The topological polar surface area (TPSA) is 93.2 Å². The number of anilines is 1. The van der Waals surface area contributed by atoms with Crippen LogP contribution in [0.1, 0.15) is 30.3 Å². The first-order chi connectivity index (χ1) is 13.4. The van der Waals surface area contributed by atoms with Crippen molar-refractivity contribution in [2.75, 3.05) is 24.7 Å². The second-order valence-electron chi connectivity index (χ2n) is 6.17. The summed E-state index contributed by atoms with van der Waals surface area (Å²) in [7, 11) is 0. The zero-order valence-corrected chi connectivity index (χ0v) is 17.5. The molecule has 0 aliphatic rings. The van der Waals surface area contributed by atoms with Gasteiger partial charge in [0.2, 0.25) is 5.91 Å². The van der Waals surface area contributed by atoms with Gasteiger partial charge in [-0.05, 0) is 63.3 Å². The molecule has 150 valence electrons. The molecule has 0 spiro atoms. The summed E-state index contributed by atoms with van der Waals surface area (Å²) in [6.07, 6.45) is 2.88. The molecule has 2 N–H and O–H groups in total. The van der Waals surface area contributed by atoms with Gasteiger partial charge in [0, 0.05) is 30.0 Å². The lowest BCUT2D eigenvalue weighted by atomic mass is 10.1. The fraction of sp³-hybridized carbons (Fsp3) is 0.400. The number of aryl methyl sites for hydroxylation is 2. The van der Waals surface area contributed by atoms with E-state index in [9.17, 15) is 9.59 Å². The molecule has 1 aromatic heterocycles. The first-order valence-corrected chi connectivity index (χ1v) is 10.3. The molecule has 0 saturated carbocycles. The number of nitrogens with zero attached hydrogens (tertiary/aromatic N) is 2. The summed E-state index contributed by atoms with van der Waals surface area (Å²) in [6, 6.07) is 6.94. The molecule has 0 bridgehead atoms. The Labute approximate surface area is 169 Å². The lowest BCUT2D eigenvalue weighted by Gasteiger charge is -2.11. The van der Waals surface area contributed by atoms with E-state index < -0.39 is 0 Å². The fourth-order valence-corrected chi connectivity index (χ4v) is 3.11. The Hall–Kier alpha value is -2.61. The molecule has 0 fully saturated rings. The standard InChI is InChI=1S/C20H26N4O3S/c1-5-21-19(26)12-27-16-8-6-15(7-9-16)24-18(25)11-10-17-13(2)22-20(28-4)23-14(17)3/h6-9H,5,10-12H2,1-4H3,(H,21,26)(H,24,25). The van der Waals surface area contributed by atoms with Gasteiger partial charge in [0.1, 0.15) is 5.75 Å². The molecule has 0 radical (unpaired) electrons. The van der Waals surface area contributed by atoms with Crippen molar-refractivity contribution in [3.8, 4) is 5.75 Å². The van der Waals surface area contributed by atoms with Crippen LogP contribution in [-0.4, -0.2) is 41.2 Å². The Morgan fingerprint density at radius 3 is 2.29 bits per heavy atom. The number of rotatable bonds is 9. The molecular weight excluding hydrogens is 376 g/mol. The Morgan fingerprint density at radius 1 is 1.07 bits per heavy atom. The van der Waals surface area contributed by atoms with Crippen LogP contribution in [0.3, 0.4) is 0 Å². The Balaban J connectivity index is 1.85. The largest absolute Gasteiger partial charge is 0.484 e. The number of benzene rings is 1. The third kappa shape index (κ3) is 6.53. The van der Waals surface area contributed by atoms with Crippen molar-refractivity contribution >= 4 is 29.3 Å². The van der Waals surface area contributed by atoms with Gasteiger partial charge in [-0.3, -0.25) is 9.59 Å². The highest BCUT2D eigenvalue weighted by Gasteiger charge is 2.11. The van der Waals surface area contributed by atoms with Gasteiger partial charge in [0.25, 0.3) is 5.91 Å². The first kappa shape index (κ1) is 21.7. The zero-order valence-electron chi connectivity index (χ0n) is 16.7. The van der Waals surface area contributed by atoms with E-state index in [1.807, 2.05) is 27.0 Å². The number of carbonyl (C=O) groups excluding carboxylic acids is 2. The van der Waals surface area contributed by atoms with Crippen molar-refractivity contribution in [3.05, 3.63) is 41.2 Å². The summed E-state index contributed by atoms with van der Waals surface area (Å²) >= 11 is 1.51. The smallest absolute Gasteiger partial charge is 0.257 e. The maximum atomic E-state index is 12.3. The predicted octanol–water partition coefficient (Wildman–Crippen LogP) is 2.90. The maximum Gasteiger partial charge on any atom is 0.257 e. The van der Waals surface area contributed by atoms with Crippen molar-refractivity contribution in [2.45, 2.75) is 38.8 Å². The van der Waals surface area contributed by atoms with Gasteiger partial charge >= 0.3 is 0 Å². The molecule has 0 unspecified atom stereocenters. The van der Waals surface area contributed by atoms with Crippen molar-refractivity contribution in [1.29, 1.82) is 0 Å². The van der Waals surface area contributed by atoms with Crippen LogP contribution in [0.4, 0.5) is 5.69 Å². The highest BCUT2D eigenvalue weighted by Crippen LogP contribution is 2.18. The number of hydrogen-bond acceptors (Lipinski definition) is 6. The van der Waals surface area contributed by atoms with Gasteiger partial charge in [-0.1, -0.05) is 11.8 Å². The number of thioether (sulfide) groups is 1. The third-order valence-electron chi connectivity index (χ3n) is 4.07. The molecule has 2 aromatic rings. The minimum Gasteiger partial charge on any atom is -0.484 e. The summed E-state index contributed by atoms with van der Waals surface area (Å²) in [5, 5.41) is 6.28. The minimum atomic E-state index is -0.167. The van der Waals surface area contributed by atoms with E-state index in [0.717, 1.165) is 22.1 Å². The summed E-state index contributed by atoms with van der Waals surface area (Å²) in [5.41, 5.74) is 3.52. The summed E-state index contributed by atoms with van der Waals surface area (Å²) in [4.78, 5) is 32.5. The molecule has 0 aliphatic carbocycles. The monoisotopic (exact) mass is 402 g/mol. The van der Waals surface area contributed by atoms with Gasteiger partial charge in [0.15, 0.2) is 11.8 Å². The van der Waals surface area contributed by atoms with E-state index in [1.54, 1.807) is 24.3 Å². The third-order valence-corrected chi connectivity index (χ3v) is 4.61. The van der Waals surface area contributed by atoms with Crippen molar-refractivity contribution < 1.29 is 14.3 Å². The Morgan fingerprint density at radius 2 is 1.71 bits per heavy atom. The Kier molecular flexibility index (Phi) is 8.25. The second kappa shape index (κ2) is 10.7. The van der Waals surface area contributed by atoms with Gasteiger partial charge in [-0.15, -0.1) is 0 Å². The number of carbonyl (C=O) groups is 2. The van der Waals surface area contributed by atoms with E-state index in [1.165, 1.54) is 11.8 Å². The summed E-state index contributed by atoms with van der Waals surface area (Å²) in [5.74, 6) is 0.324. The molecular formula is C20H26N4O3S. The van der Waals surface area contributed by atoms with E-state index in [4.69, 9.17) is 4.74 Å². The molecule has 0 atom stereocenters. The highest BCUT2D eigenvalue weighted by molar-refractivity contribution is 7.98.